The lowest BCUT2D eigenvalue weighted by atomic mass is 9.94. The summed E-state index contributed by atoms with van der Waals surface area (Å²) < 4.78 is 6.67. The minimum atomic E-state index is 0.403. The number of anilines is 1. The highest BCUT2D eigenvalue weighted by Crippen LogP contribution is 2.27. The number of hydrogen-bond acceptors (Lipinski definition) is 3. The van der Waals surface area contributed by atoms with E-state index in [1.807, 2.05) is 18.3 Å². The first-order valence-electron chi connectivity index (χ1n) is 7.12. The van der Waals surface area contributed by atoms with Crippen molar-refractivity contribution in [2.24, 2.45) is 5.92 Å². The van der Waals surface area contributed by atoms with Gasteiger partial charge in [-0.15, -0.1) is 0 Å². The van der Waals surface area contributed by atoms with Crippen LogP contribution in [0.25, 0.3) is 10.9 Å². The fourth-order valence-electron chi connectivity index (χ4n) is 2.77. The van der Waals surface area contributed by atoms with Gasteiger partial charge in [-0.25, -0.2) is 0 Å². The summed E-state index contributed by atoms with van der Waals surface area (Å²) in [6, 6.07) is 8.64. The van der Waals surface area contributed by atoms with Crippen molar-refractivity contribution in [2.75, 3.05) is 18.5 Å². The SMILES string of the molecule is CC(Nc1ccnc2ccc(Br)cc12)C1CCCOC1. The molecule has 0 spiro atoms. The minimum Gasteiger partial charge on any atom is -0.382 e. The summed E-state index contributed by atoms with van der Waals surface area (Å²) in [5.41, 5.74) is 2.17. The molecular formula is C16H19BrN2O. The molecule has 0 radical (unpaired) electrons. The maximum Gasteiger partial charge on any atom is 0.0723 e. The fourth-order valence-corrected chi connectivity index (χ4v) is 3.13. The summed E-state index contributed by atoms with van der Waals surface area (Å²) >= 11 is 3.53. The van der Waals surface area contributed by atoms with Gasteiger partial charge in [0.05, 0.1) is 12.1 Å². The van der Waals surface area contributed by atoms with E-state index in [4.69, 9.17) is 4.74 Å². The predicted octanol–water partition coefficient (Wildman–Crippen LogP) is 4.22. The third kappa shape index (κ3) is 2.96. The monoisotopic (exact) mass is 334 g/mol. The normalized spacial score (nSPS) is 20.8. The summed E-state index contributed by atoms with van der Waals surface area (Å²) in [5.74, 6) is 0.583. The van der Waals surface area contributed by atoms with Gasteiger partial charge in [0, 0.05) is 40.3 Å². The molecule has 2 atom stereocenters. The first-order chi connectivity index (χ1) is 9.74. The van der Waals surface area contributed by atoms with E-state index in [1.165, 1.54) is 12.8 Å². The summed E-state index contributed by atoms with van der Waals surface area (Å²) in [7, 11) is 0. The molecule has 1 N–H and O–H groups in total. The first-order valence-corrected chi connectivity index (χ1v) is 7.92. The molecule has 1 aromatic heterocycles. The Morgan fingerprint density at radius 2 is 2.30 bits per heavy atom. The van der Waals surface area contributed by atoms with Gasteiger partial charge >= 0.3 is 0 Å². The summed E-state index contributed by atoms with van der Waals surface area (Å²) in [4.78, 5) is 4.42. The van der Waals surface area contributed by atoms with Crippen LogP contribution in [0.2, 0.25) is 0 Å². The zero-order valence-corrected chi connectivity index (χ0v) is 13.2. The lowest BCUT2D eigenvalue weighted by molar-refractivity contribution is 0.0496. The Hall–Kier alpha value is -1.13. The Bertz CT molecular complexity index is 596. The minimum absolute atomic E-state index is 0.403. The summed E-state index contributed by atoms with van der Waals surface area (Å²) in [5, 5.41) is 4.80. The second-order valence-electron chi connectivity index (χ2n) is 5.43. The number of aromatic nitrogens is 1. The Morgan fingerprint density at radius 1 is 1.40 bits per heavy atom. The van der Waals surface area contributed by atoms with Crippen LogP contribution in [-0.2, 0) is 4.74 Å². The van der Waals surface area contributed by atoms with Crippen LogP contribution in [0.4, 0.5) is 5.69 Å². The van der Waals surface area contributed by atoms with Gasteiger partial charge in [0.1, 0.15) is 0 Å². The molecule has 2 heterocycles. The summed E-state index contributed by atoms with van der Waals surface area (Å²) in [6.45, 7) is 4.01. The molecule has 1 aliphatic rings. The number of fused-ring (bicyclic) bond motifs is 1. The van der Waals surface area contributed by atoms with Gasteiger partial charge in [-0.1, -0.05) is 15.9 Å². The average Bonchev–Trinajstić information content (AvgIpc) is 2.49. The number of nitrogens with one attached hydrogen (secondary N) is 1. The van der Waals surface area contributed by atoms with Crippen molar-refractivity contribution in [1.29, 1.82) is 0 Å². The van der Waals surface area contributed by atoms with Crippen LogP contribution in [0, 0.1) is 5.92 Å². The van der Waals surface area contributed by atoms with Crippen LogP contribution in [0.3, 0.4) is 0 Å². The quantitative estimate of drug-likeness (QED) is 0.912. The van der Waals surface area contributed by atoms with E-state index in [-0.39, 0.29) is 0 Å². The molecule has 1 aromatic carbocycles. The number of benzene rings is 1. The van der Waals surface area contributed by atoms with Gasteiger partial charge < -0.3 is 10.1 Å². The van der Waals surface area contributed by atoms with Gasteiger partial charge in [-0.05, 0) is 44.0 Å². The average molecular weight is 335 g/mol. The Morgan fingerprint density at radius 3 is 3.10 bits per heavy atom. The van der Waals surface area contributed by atoms with Crippen molar-refractivity contribution < 1.29 is 4.74 Å². The number of nitrogens with zero attached hydrogens (tertiary/aromatic N) is 1. The van der Waals surface area contributed by atoms with Crippen molar-refractivity contribution in [2.45, 2.75) is 25.8 Å². The van der Waals surface area contributed by atoms with E-state index in [1.54, 1.807) is 0 Å². The van der Waals surface area contributed by atoms with Crippen LogP contribution < -0.4 is 5.32 Å². The van der Waals surface area contributed by atoms with Crippen molar-refractivity contribution in [1.82, 2.24) is 4.98 Å². The number of ether oxygens (including phenoxy) is 1. The highest BCUT2D eigenvalue weighted by molar-refractivity contribution is 9.10. The molecule has 0 saturated carbocycles. The summed E-state index contributed by atoms with van der Waals surface area (Å²) in [6.07, 6.45) is 4.27. The topological polar surface area (TPSA) is 34.2 Å². The zero-order chi connectivity index (χ0) is 13.9. The Balaban J connectivity index is 1.84. The van der Waals surface area contributed by atoms with Gasteiger partial charge in [0.25, 0.3) is 0 Å². The molecule has 0 bridgehead atoms. The molecule has 0 aliphatic carbocycles. The van der Waals surface area contributed by atoms with Crippen LogP contribution in [-0.4, -0.2) is 24.2 Å². The molecule has 4 heteroatoms. The lowest BCUT2D eigenvalue weighted by Gasteiger charge is -2.29. The second kappa shape index (κ2) is 6.10. The van der Waals surface area contributed by atoms with E-state index in [0.29, 0.717) is 12.0 Å². The molecule has 1 aliphatic heterocycles. The number of hydrogen-bond donors (Lipinski definition) is 1. The molecular weight excluding hydrogens is 316 g/mol. The fraction of sp³-hybridized carbons (Fsp3) is 0.438. The lowest BCUT2D eigenvalue weighted by Crippen LogP contribution is -2.32. The van der Waals surface area contributed by atoms with E-state index in [9.17, 15) is 0 Å². The molecule has 20 heavy (non-hydrogen) atoms. The molecule has 3 rings (SSSR count). The standard InChI is InChI=1S/C16H19BrN2O/c1-11(12-3-2-8-20-10-12)19-16-6-7-18-15-5-4-13(17)9-14(15)16/h4-7,9,11-12H,2-3,8,10H2,1H3,(H,18,19). The molecule has 0 amide bonds. The second-order valence-corrected chi connectivity index (χ2v) is 6.35. The third-order valence-electron chi connectivity index (χ3n) is 3.99. The van der Waals surface area contributed by atoms with Gasteiger partial charge in [0.2, 0.25) is 0 Å². The van der Waals surface area contributed by atoms with Crippen LogP contribution >= 0.6 is 15.9 Å². The van der Waals surface area contributed by atoms with Gasteiger partial charge in [0.15, 0.2) is 0 Å². The van der Waals surface area contributed by atoms with Crippen molar-refractivity contribution in [3.8, 4) is 0 Å². The number of halogens is 1. The predicted molar refractivity (Wildman–Crippen MR) is 86.1 cm³/mol. The van der Waals surface area contributed by atoms with E-state index in [0.717, 1.165) is 34.3 Å². The maximum absolute atomic E-state index is 5.59. The van der Waals surface area contributed by atoms with Crippen LogP contribution in [0.15, 0.2) is 34.9 Å². The molecule has 3 nitrogen and oxygen atoms in total. The molecule has 1 saturated heterocycles. The molecule has 2 aromatic rings. The van der Waals surface area contributed by atoms with Crippen molar-refractivity contribution in [3.05, 3.63) is 34.9 Å². The highest BCUT2D eigenvalue weighted by Gasteiger charge is 2.21. The van der Waals surface area contributed by atoms with Crippen molar-refractivity contribution >= 4 is 32.5 Å². The molecule has 1 fully saturated rings. The van der Waals surface area contributed by atoms with E-state index >= 15 is 0 Å². The zero-order valence-electron chi connectivity index (χ0n) is 11.6. The van der Waals surface area contributed by atoms with Crippen molar-refractivity contribution in [3.63, 3.8) is 0 Å². The highest BCUT2D eigenvalue weighted by atomic mass is 79.9. The molecule has 106 valence electrons. The van der Waals surface area contributed by atoms with Gasteiger partial charge in [-0.2, -0.15) is 0 Å². The van der Waals surface area contributed by atoms with Gasteiger partial charge in [-0.3, -0.25) is 4.98 Å². The van der Waals surface area contributed by atoms with E-state index in [2.05, 4.69) is 45.3 Å². The smallest absolute Gasteiger partial charge is 0.0723 e. The van der Waals surface area contributed by atoms with E-state index < -0.39 is 0 Å². The van der Waals surface area contributed by atoms with Crippen LogP contribution in [0.1, 0.15) is 19.8 Å². The number of rotatable bonds is 3. The maximum atomic E-state index is 5.59. The Labute approximate surface area is 127 Å². The van der Waals surface area contributed by atoms with Crippen LogP contribution in [0.5, 0.6) is 0 Å². The number of pyridine rings is 1. The largest absolute Gasteiger partial charge is 0.382 e. The third-order valence-corrected chi connectivity index (χ3v) is 4.48. The first kappa shape index (κ1) is 13.8. The molecule has 2 unspecified atom stereocenters. The Kier molecular flexibility index (Phi) is 4.22.